The molecule has 19 heavy (non-hydrogen) atoms. The SMILES string of the molecule is COCCOCCCNS(=O)(=O)c1ccc(Cl)cc1. The number of ether oxygens (including phenoxy) is 2. The van der Waals surface area contributed by atoms with Gasteiger partial charge in [0.25, 0.3) is 0 Å². The Kier molecular flexibility index (Phi) is 7.33. The Morgan fingerprint density at radius 2 is 1.84 bits per heavy atom. The van der Waals surface area contributed by atoms with Crippen molar-refractivity contribution in [1.29, 1.82) is 0 Å². The van der Waals surface area contributed by atoms with Gasteiger partial charge in [0.2, 0.25) is 10.0 Å². The van der Waals surface area contributed by atoms with E-state index in [1.807, 2.05) is 0 Å². The van der Waals surface area contributed by atoms with Gasteiger partial charge in [-0.15, -0.1) is 0 Å². The zero-order chi connectivity index (χ0) is 14.1. The zero-order valence-corrected chi connectivity index (χ0v) is 12.3. The second-order valence-electron chi connectivity index (χ2n) is 3.81. The van der Waals surface area contributed by atoms with Crippen LogP contribution in [0.4, 0.5) is 0 Å². The summed E-state index contributed by atoms with van der Waals surface area (Å²) in [5.74, 6) is 0. The molecule has 0 unspecified atom stereocenters. The molecule has 1 aromatic carbocycles. The van der Waals surface area contributed by atoms with Crippen molar-refractivity contribution >= 4 is 21.6 Å². The van der Waals surface area contributed by atoms with Crippen LogP contribution >= 0.6 is 11.6 Å². The first-order valence-electron chi connectivity index (χ1n) is 5.88. The third-order valence-corrected chi connectivity index (χ3v) is 4.04. The molecule has 0 aromatic heterocycles. The summed E-state index contributed by atoms with van der Waals surface area (Å²) in [4.78, 5) is 0.206. The Morgan fingerprint density at radius 1 is 1.16 bits per heavy atom. The maximum atomic E-state index is 11.9. The largest absolute Gasteiger partial charge is 0.382 e. The molecule has 0 aliphatic heterocycles. The van der Waals surface area contributed by atoms with Crippen molar-refractivity contribution in [2.45, 2.75) is 11.3 Å². The van der Waals surface area contributed by atoms with Gasteiger partial charge < -0.3 is 9.47 Å². The van der Waals surface area contributed by atoms with Gasteiger partial charge in [-0.05, 0) is 30.7 Å². The number of sulfonamides is 1. The number of hydrogen-bond donors (Lipinski definition) is 1. The van der Waals surface area contributed by atoms with E-state index in [0.29, 0.717) is 37.8 Å². The smallest absolute Gasteiger partial charge is 0.240 e. The van der Waals surface area contributed by atoms with E-state index in [-0.39, 0.29) is 4.90 Å². The minimum absolute atomic E-state index is 0.206. The van der Waals surface area contributed by atoms with E-state index in [9.17, 15) is 8.42 Å². The molecular formula is C12H18ClNO4S. The van der Waals surface area contributed by atoms with Crippen molar-refractivity contribution in [3.8, 4) is 0 Å². The van der Waals surface area contributed by atoms with Crippen LogP contribution in [0.5, 0.6) is 0 Å². The number of benzene rings is 1. The summed E-state index contributed by atoms with van der Waals surface area (Å²) < 4.78 is 36.3. The van der Waals surface area contributed by atoms with Gasteiger partial charge in [-0.25, -0.2) is 13.1 Å². The van der Waals surface area contributed by atoms with Gasteiger partial charge in [0, 0.05) is 25.3 Å². The van der Waals surface area contributed by atoms with Gasteiger partial charge in [-0.3, -0.25) is 0 Å². The maximum absolute atomic E-state index is 11.9. The molecule has 0 fully saturated rings. The van der Waals surface area contributed by atoms with Crippen molar-refractivity contribution in [2.75, 3.05) is 33.5 Å². The normalized spacial score (nSPS) is 11.7. The quantitative estimate of drug-likeness (QED) is 0.705. The van der Waals surface area contributed by atoms with E-state index in [1.165, 1.54) is 12.1 Å². The Labute approximate surface area is 118 Å². The lowest BCUT2D eigenvalue weighted by Gasteiger charge is -2.07. The number of methoxy groups -OCH3 is 1. The van der Waals surface area contributed by atoms with Crippen LogP contribution < -0.4 is 4.72 Å². The van der Waals surface area contributed by atoms with Crippen LogP contribution in [-0.4, -0.2) is 41.9 Å². The molecule has 1 aromatic rings. The summed E-state index contributed by atoms with van der Waals surface area (Å²) in [5.41, 5.74) is 0. The van der Waals surface area contributed by atoms with Gasteiger partial charge in [0.05, 0.1) is 18.1 Å². The van der Waals surface area contributed by atoms with Crippen molar-refractivity contribution < 1.29 is 17.9 Å². The highest BCUT2D eigenvalue weighted by Crippen LogP contribution is 2.13. The average Bonchev–Trinajstić information content (AvgIpc) is 2.38. The van der Waals surface area contributed by atoms with E-state index >= 15 is 0 Å². The van der Waals surface area contributed by atoms with Crippen molar-refractivity contribution in [3.05, 3.63) is 29.3 Å². The first-order valence-corrected chi connectivity index (χ1v) is 7.74. The summed E-state index contributed by atoms with van der Waals surface area (Å²) >= 11 is 5.71. The van der Waals surface area contributed by atoms with Gasteiger partial charge in [0.15, 0.2) is 0 Å². The molecule has 0 atom stereocenters. The van der Waals surface area contributed by atoms with Crippen molar-refractivity contribution in [2.24, 2.45) is 0 Å². The molecule has 0 radical (unpaired) electrons. The van der Waals surface area contributed by atoms with Crippen LogP contribution in [0.25, 0.3) is 0 Å². The van der Waals surface area contributed by atoms with Crippen molar-refractivity contribution in [3.63, 3.8) is 0 Å². The number of hydrogen-bond acceptors (Lipinski definition) is 4. The third-order valence-electron chi connectivity index (χ3n) is 2.31. The lowest BCUT2D eigenvalue weighted by atomic mass is 10.4. The first kappa shape index (κ1) is 16.4. The van der Waals surface area contributed by atoms with E-state index < -0.39 is 10.0 Å². The number of halogens is 1. The lowest BCUT2D eigenvalue weighted by molar-refractivity contribution is 0.0699. The third kappa shape index (κ3) is 6.35. The van der Waals surface area contributed by atoms with Crippen LogP contribution in [0.2, 0.25) is 5.02 Å². The molecule has 108 valence electrons. The molecule has 0 spiro atoms. The van der Waals surface area contributed by atoms with Gasteiger partial charge in [-0.2, -0.15) is 0 Å². The number of nitrogens with one attached hydrogen (secondary N) is 1. The van der Waals surface area contributed by atoms with Crippen LogP contribution in [0, 0.1) is 0 Å². The standard InChI is InChI=1S/C12H18ClNO4S/c1-17-9-10-18-8-2-7-14-19(15,16)12-5-3-11(13)4-6-12/h3-6,14H,2,7-10H2,1H3. The lowest BCUT2D eigenvalue weighted by Crippen LogP contribution is -2.25. The Hall–Kier alpha value is -0.660. The molecule has 1 N–H and O–H groups in total. The fourth-order valence-electron chi connectivity index (χ4n) is 1.32. The molecule has 0 amide bonds. The Morgan fingerprint density at radius 3 is 2.47 bits per heavy atom. The second kappa shape index (κ2) is 8.50. The van der Waals surface area contributed by atoms with Gasteiger partial charge >= 0.3 is 0 Å². The van der Waals surface area contributed by atoms with E-state index in [4.69, 9.17) is 21.1 Å². The topological polar surface area (TPSA) is 64.6 Å². The molecule has 0 heterocycles. The molecule has 0 saturated carbocycles. The molecule has 5 nitrogen and oxygen atoms in total. The van der Waals surface area contributed by atoms with Crippen LogP contribution in [-0.2, 0) is 19.5 Å². The molecule has 0 aliphatic rings. The van der Waals surface area contributed by atoms with Gasteiger partial charge in [-0.1, -0.05) is 11.6 Å². The number of rotatable bonds is 9. The molecule has 1 rings (SSSR count). The van der Waals surface area contributed by atoms with Crippen molar-refractivity contribution in [1.82, 2.24) is 4.72 Å². The summed E-state index contributed by atoms with van der Waals surface area (Å²) in [5, 5.41) is 0.505. The summed E-state index contributed by atoms with van der Waals surface area (Å²) in [6.45, 7) is 1.88. The van der Waals surface area contributed by atoms with Crippen LogP contribution in [0.1, 0.15) is 6.42 Å². The predicted molar refractivity (Wildman–Crippen MR) is 74.0 cm³/mol. The van der Waals surface area contributed by atoms with Crippen LogP contribution in [0.3, 0.4) is 0 Å². The summed E-state index contributed by atoms with van der Waals surface area (Å²) in [6.07, 6.45) is 0.608. The highest BCUT2D eigenvalue weighted by Gasteiger charge is 2.12. The summed E-state index contributed by atoms with van der Waals surface area (Å²) in [7, 11) is -1.86. The Bertz CT molecular complexity index is 461. The minimum Gasteiger partial charge on any atom is -0.382 e. The molecule has 7 heteroatoms. The zero-order valence-electron chi connectivity index (χ0n) is 10.8. The molecule has 0 aliphatic carbocycles. The average molecular weight is 308 g/mol. The fraction of sp³-hybridized carbons (Fsp3) is 0.500. The highest BCUT2D eigenvalue weighted by atomic mass is 35.5. The summed E-state index contributed by atoms with van der Waals surface area (Å²) in [6, 6.07) is 6.04. The van der Waals surface area contributed by atoms with E-state index in [0.717, 1.165) is 0 Å². The Balaban J connectivity index is 2.29. The first-order chi connectivity index (χ1) is 9.06. The molecule has 0 bridgehead atoms. The maximum Gasteiger partial charge on any atom is 0.240 e. The van der Waals surface area contributed by atoms with E-state index in [1.54, 1.807) is 19.2 Å². The highest BCUT2D eigenvalue weighted by molar-refractivity contribution is 7.89. The predicted octanol–water partition coefficient (Wildman–Crippen LogP) is 1.67. The molecular weight excluding hydrogens is 290 g/mol. The minimum atomic E-state index is -3.46. The van der Waals surface area contributed by atoms with Crippen LogP contribution in [0.15, 0.2) is 29.2 Å². The molecule has 0 saturated heterocycles. The second-order valence-corrected chi connectivity index (χ2v) is 6.01. The van der Waals surface area contributed by atoms with E-state index in [2.05, 4.69) is 4.72 Å². The van der Waals surface area contributed by atoms with Gasteiger partial charge in [0.1, 0.15) is 0 Å². The fourth-order valence-corrected chi connectivity index (χ4v) is 2.52. The monoisotopic (exact) mass is 307 g/mol.